The van der Waals surface area contributed by atoms with Gasteiger partial charge < -0.3 is 15.6 Å². The standard InChI is InChI=1S/C16H21FN2O2/c1-12-8-19(10-15(11-20)21-12)9-14-5-4-13(3-2-6-18)7-16(14)17/h4-5,7,12,15,20H,6,8-11,18H2,1H3. The van der Waals surface area contributed by atoms with E-state index in [1.165, 1.54) is 6.07 Å². The second-order valence-electron chi connectivity index (χ2n) is 5.26. The van der Waals surface area contributed by atoms with E-state index in [4.69, 9.17) is 10.5 Å². The van der Waals surface area contributed by atoms with Gasteiger partial charge in [-0.25, -0.2) is 4.39 Å². The van der Waals surface area contributed by atoms with Crippen LogP contribution in [0.3, 0.4) is 0 Å². The Morgan fingerprint density at radius 3 is 2.95 bits per heavy atom. The van der Waals surface area contributed by atoms with Crippen molar-refractivity contribution in [2.24, 2.45) is 5.73 Å². The highest BCUT2D eigenvalue weighted by atomic mass is 19.1. The van der Waals surface area contributed by atoms with E-state index < -0.39 is 0 Å². The quantitative estimate of drug-likeness (QED) is 0.806. The first-order valence-corrected chi connectivity index (χ1v) is 7.08. The Hall–Kier alpha value is -1.45. The lowest BCUT2D eigenvalue weighted by atomic mass is 10.1. The lowest BCUT2D eigenvalue weighted by molar-refractivity contribution is -0.0974. The van der Waals surface area contributed by atoms with Crippen LogP contribution in [0.15, 0.2) is 18.2 Å². The van der Waals surface area contributed by atoms with Crippen molar-refractivity contribution in [1.82, 2.24) is 4.90 Å². The third kappa shape index (κ3) is 4.51. The highest BCUT2D eigenvalue weighted by molar-refractivity contribution is 5.37. The molecule has 1 aliphatic rings. The van der Waals surface area contributed by atoms with Gasteiger partial charge in [0.1, 0.15) is 5.82 Å². The Morgan fingerprint density at radius 1 is 1.48 bits per heavy atom. The van der Waals surface area contributed by atoms with Gasteiger partial charge in [0.25, 0.3) is 0 Å². The van der Waals surface area contributed by atoms with Crippen LogP contribution in [0.25, 0.3) is 0 Å². The van der Waals surface area contributed by atoms with Crippen LogP contribution in [0.2, 0.25) is 0 Å². The van der Waals surface area contributed by atoms with Gasteiger partial charge in [-0.05, 0) is 19.1 Å². The number of aliphatic hydroxyl groups is 1. The molecule has 5 heteroatoms. The van der Waals surface area contributed by atoms with E-state index in [0.717, 1.165) is 6.54 Å². The fraction of sp³-hybridized carbons (Fsp3) is 0.500. The number of rotatable bonds is 3. The Labute approximate surface area is 124 Å². The molecular formula is C16H21FN2O2. The minimum atomic E-state index is -0.265. The van der Waals surface area contributed by atoms with Crippen molar-refractivity contribution in [3.05, 3.63) is 35.1 Å². The Bertz CT molecular complexity index is 539. The zero-order valence-electron chi connectivity index (χ0n) is 12.2. The summed E-state index contributed by atoms with van der Waals surface area (Å²) < 4.78 is 19.7. The molecule has 0 spiro atoms. The molecule has 1 heterocycles. The predicted molar refractivity (Wildman–Crippen MR) is 79.0 cm³/mol. The number of benzene rings is 1. The van der Waals surface area contributed by atoms with Crippen molar-refractivity contribution in [3.63, 3.8) is 0 Å². The van der Waals surface area contributed by atoms with E-state index in [1.54, 1.807) is 12.1 Å². The molecule has 1 aliphatic heterocycles. The van der Waals surface area contributed by atoms with Crippen molar-refractivity contribution in [2.75, 3.05) is 26.2 Å². The summed E-state index contributed by atoms with van der Waals surface area (Å²) in [5.41, 5.74) is 6.55. The second kappa shape index (κ2) is 7.53. The highest BCUT2D eigenvalue weighted by Crippen LogP contribution is 2.17. The van der Waals surface area contributed by atoms with E-state index >= 15 is 0 Å². The molecule has 21 heavy (non-hydrogen) atoms. The van der Waals surface area contributed by atoms with Crippen molar-refractivity contribution >= 4 is 0 Å². The number of hydrogen-bond donors (Lipinski definition) is 2. The van der Waals surface area contributed by atoms with Gasteiger partial charge in [0.05, 0.1) is 25.4 Å². The number of nitrogens with two attached hydrogens (primary N) is 1. The molecular weight excluding hydrogens is 271 g/mol. The summed E-state index contributed by atoms with van der Waals surface area (Å²) in [7, 11) is 0. The molecule has 2 rings (SSSR count). The third-order valence-corrected chi connectivity index (χ3v) is 3.39. The molecule has 0 aliphatic carbocycles. The first kappa shape index (κ1) is 15.9. The minimum absolute atomic E-state index is 0.0169. The maximum Gasteiger partial charge on any atom is 0.128 e. The first-order valence-electron chi connectivity index (χ1n) is 7.08. The normalized spacial score (nSPS) is 22.7. The number of aliphatic hydroxyl groups excluding tert-OH is 1. The van der Waals surface area contributed by atoms with Gasteiger partial charge in [-0.1, -0.05) is 17.9 Å². The maximum absolute atomic E-state index is 14.1. The number of morpholine rings is 1. The summed E-state index contributed by atoms with van der Waals surface area (Å²) in [6, 6.07) is 4.99. The average molecular weight is 292 g/mol. The molecule has 0 aromatic heterocycles. The molecule has 1 fully saturated rings. The van der Waals surface area contributed by atoms with Crippen molar-refractivity contribution in [2.45, 2.75) is 25.7 Å². The van der Waals surface area contributed by atoms with Crippen molar-refractivity contribution in [1.29, 1.82) is 0 Å². The molecule has 114 valence electrons. The second-order valence-corrected chi connectivity index (χ2v) is 5.26. The number of nitrogens with zero attached hydrogens (tertiary/aromatic N) is 1. The van der Waals surface area contributed by atoms with Crippen molar-refractivity contribution in [3.8, 4) is 11.8 Å². The number of hydrogen-bond acceptors (Lipinski definition) is 4. The maximum atomic E-state index is 14.1. The first-order chi connectivity index (χ1) is 10.1. The molecule has 0 bridgehead atoms. The van der Waals surface area contributed by atoms with E-state index in [9.17, 15) is 9.50 Å². The van der Waals surface area contributed by atoms with E-state index in [0.29, 0.717) is 24.2 Å². The van der Waals surface area contributed by atoms with Gasteiger partial charge in [0.15, 0.2) is 0 Å². The van der Waals surface area contributed by atoms with Crippen LogP contribution in [0.4, 0.5) is 4.39 Å². The Morgan fingerprint density at radius 2 is 2.29 bits per heavy atom. The largest absolute Gasteiger partial charge is 0.394 e. The molecule has 3 N–H and O–H groups in total. The predicted octanol–water partition coefficient (Wildman–Crippen LogP) is 0.718. The summed E-state index contributed by atoms with van der Waals surface area (Å²) >= 11 is 0. The fourth-order valence-corrected chi connectivity index (χ4v) is 2.52. The third-order valence-electron chi connectivity index (χ3n) is 3.39. The SMILES string of the molecule is CC1CN(Cc2ccc(C#CCN)cc2F)CC(CO)O1. The molecule has 1 saturated heterocycles. The van der Waals surface area contributed by atoms with E-state index in [-0.39, 0.29) is 31.2 Å². The minimum Gasteiger partial charge on any atom is -0.394 e. The number of ether oxygens (including phenoxy) is 1. The van der Waals surface area contributed by atoms with Crippen LogP contribution in [0.5, 0.6) is 0 Å². The zero-order valence-corrected chi connectivity index (χ0v) is 12.2. The van der Waals surface area contributed by atoms with Crippen LogP contribution in [0, 0.1) is 17.7 Å². The van der Waals surface area contributed by atoms with E-state index in [2.05, 4.69) is 16.7 Å². The van der Waals surface area contributed by atoms with Crippen LogP contribution in [0.1, 0.15) is 18.1 Å². The molecule has 0 amide bonds. The van der Waals surface area contributed by atoms with Gasteiger partial charge in [-0.3, -0.25) is 4.90 Å². The smallest absolute Gasteiger partial charge is 0.128 e. The molecule has 4 nitrogen and oxygen atoms in total. The van der Waals surface area contributed by atoms with Gasteiger partial charge >= 0.3 is 0 Å². The molecule has 0 radical (unpaired) electrons. The summed E-state index contributed by atoms with van der Waals surface area (Å²) in [5.74, 6) is 5.26. The Balaban J connectivity index is 2.05. The van der Waals surface area contributed by atoms with Crippen LogP contribution in [-0.4, -0.2) is 48.5 Å². The Kier molecular flexibility index (Phi) is 5.71. The van der Waals surface area contributed by atoms with Gasteiger partial charge in [0, 0.05) is 30.8 Å². The lowest BCUT2D eigenvalue weighted by Crippen LogP contribution is -2.47. The van der Waals surface area contributed by atoms with Crippen LogP contribution in [-0.2, 0) is 11.3 Å². The number of halogens is 1. The van der Waals surface area contributed by atoms with E-state index in [1.807, 2.05) is 6.92 Å². The topological polar surface area (TPSA) is 58.7 Å². The van der Waals surface area contributed by atoms with Crippen LogP contribution < -0.4 is 5.73 Å². The van der Waals surface area contributed by atoms with Gasteiger partial charge in [0.2, 0.25) is 0 Å². The fourth-order valence-electron chi connectivity index (χ4n) is 2.52. The molecule has 1 aromatic carbocycles. The molecule has 2 atom stereocenters. The van der Waals surface area contributed by atoms with Crippen molar-refractivity contribution < 1.29 is 14.2 Å². The zero-order chi connectivity index (χ0) is 15.2. The summed E-state index contributed by atoms with van der Waals surface area (Å²) in [5, 5.41) is 9.21. The monoisotopic (exact) mass is 292 g/mol. The molecule has 1 aromatic rings. The van der Waals surface area contributed by atoms with Gasteiger partial charge in [-0.2, -0.15) is 0 Å². The summed E-state index contributed by atoms with van der Waals surface area (Å²) in [6.45, 7) is 4.03. The van der Waals surface area contributed by atoms with Crippen LogP contribution >= 0.6 is 0 Å². The average Bonchev–Trinajstić information content (AvgIpc) is 2.47. The highest BCUT2D eigenvalue weighted by Gasteiger charge is 2.25. The molecule has 2 unspecified atom stereocenters. The lowest BCUT2D eigenvalue weighted by Gasteiger charge is -2.36. The summed E-state index contributed by atoms with van der Waals surface area (Å²) in [4.78, 5) is 2.10. The summed E-state index contributed by atoms with van der Waals surface area (Å²) in [6.07, 6.45) is -0.167. The molecule has 0 saturated carbocycles. The van der Waals surface area contributed by atoms with Gasteiger partial charge in [-0.15, -0.1) is 0 Å².